The van der Waals surface area contributed by atoms with Crippen LogP contribution in [0.2, 0.25) is 0 Å². The molecule has 0 aromatic heterocycles. The zero-order valence-electron chi connectivity index (χ0n) is 13.9. The lowest BCUT2D eigenvalue weighted by Crippen LogP contribution is -2.14. The molecule has 4 nitrogen and oxygen atoms in total. The van der Waals surface area contributed by atoms with Gasteiger partial charge in [0.15, 0.2) is 0 Å². The van der Waals surface area contributed by atoms with Crippen LogP contribution in [0.15, 0.2) is 65.7 Å². The van der Waals surface area contributed by atoms with Crippen LogP contribution in [0.25, 0.3) is 10.8 Å². The molecule has 0 fully saturated rings. The Morgan fingerprint density at radius 2 is 1.76 bits per heavy atom. The first-order valence-electron chi connectivity index (χ1n) is 8.12. The van der Waals surface area contributed by atoms with Gasteiger partial charge < -0.3 is 9.47 Å². The highest BCUT2D eigenvalue weighted by molar-refractivity contribution is 6.00. The normalized spacial score (nSPS) is 12.6. The Morgan fingerprint density at radius 3 is 2.48 bits per heavy atom. The third-order valence-corrected chi connectivity index (χ3v) is 4.32. The standard InChI is InChI=1S/C21H17NO3/c1-24-19-8-6-14(7-9-19)21(23)25-13-18-11-17-10-15-4-2-3-5-16(15)12-20(17)22-18/h2-10,12H,11,13H2,1H3. The SMILES string of the molecule is COc1ccc(C(=O)OCC2=Nc3cc4ccccc4cc3C2)cc1. The van der Waals surface area contributed by atoms with Crippen molar-refractivity contribution in [3.63, 3.8) is 0 Å². The number of carbonyl (C=O) groups is 1. The predicted octanol–water partition coefficient (Wildman–Crippen LogP) is 4.33. The van der Waals surface area contributed by atoms with Crippen molar-refractivity contribution in [2.45, 2.75) is 6.42 Å². The Labute approximate surface area is 145 Å². The summed E-state index contributed by atoms with van der Waals surface area (Å²) in [7, 11) is 1.59. The molecule has 0 amide bonds. The molecular weight excluding hydrogens is 314 g/mol. The summed E-state index contributed by atoms with van der Waals surface area (Å²) in [6.07, 6.45) is 0.718. The second-order valence-corrected chi connectivity index (χ2v) is 5.99. The van der Waals surface area contributed by atoms with Gasteiger partial charge in [-0.1, -0.05) is 24.3 Å². The van der Waals surface area contributed by atoms with Crippen LogP contribution in [0.3, 0.4) is 0 Å². The van der Waals surface area contributed by atoms with E-state index in [1.807, 2.05) is 12.1 Å². The first-order valence-corrected chi connectivity index (χ1v) is 8.12. The zero-order valence-corrected chi connectivity index (χ0v) is 13.9. The van der Waals surface area contributed by atoms with E-state index in [9.17, 15) is 4.79 Å². The number of benzene rings is 3. The first kappa shape index (κ1) is 15.4. The van der Waals surface area contributed by atoms with Crippen molar-refractivity contribution in [3.05, 3.63) is 71.8 Å². The summed E-state index contributed by atoms with van der Waals surface area (Å²) in [5.74, 6) is 0.353. The molecule has 3 aromatic carbocycles. The van der Waals surface area contributed by atoms with E-state index < -0.39 is 0 Å². The van der Waals surface area contributed by atoms with Crippen LogP contribution in [0.1, 0.15) is 15.9 Å². The third kappa shape index (κ3) is 3.11. The molecule has 1 aliphatic heterocycles. The molecule has 0 radical (unpaired) electrons. The van der Waals surface area contributed by atoms with Gasteiger partial charge in [0, 0.05) is 6.42 Å². The lowest BCUT2D eigenvalue weighted by atomic mass is 10.0. The van der Waals surface area contributed by atoms with Crippen molar-refractivity contribution >= 4 is 28.1 Å². The number of rotatable bonds is 4. The molecule has 0 saturated heterocycles. The smallest absolute Gasteiger partial charge is 0.338 e. The maximum atomic E-state index is 12.1. The van der Waals surface area contributed by atoms with E-state index in [1.54, 1.807) is 31.4 Å². The molecule has 0 saturated carbocycles. The van der Waals surface area contributed by atoms with E-state index in [-0.39, 0.29) is 12.6 Å². The van der Waals surface area contributed by atoms with Crippen molar-refractivity contribution in [1.82, 2.24) is 0 Å². The van der Waals surface area contributed by atoms with Crippen LogP contribution in [-0.4, -0.2) is 25.4 Å². The Balaban J connectivity index is 1.44. The summed E-state index contributed by atoms with van der Waals surface area (Å²) < 4.78 is 10.5. The molecular formula is C21H17NO3. The van der Waals surface area contributed by atoms with Crippen LogP contribution in [-0.2, 0) is 11.2 Å². The van der Waals surface area contributed by atoms with Crippen molar-refractivity contribution in [2.24, 2.45) is 4.99 Å². The van der Waals surface area contributed by atoms with E-state index in [0.29, 0.717) is 11.3 Å². The number of aliphatic imine (C=N–C) groups is 1. The highest BCUT2D eigenvalue weighted by Crippen LogP contribution is 2.31. The van der Waals surface area contributed by atoms with Crippen molar-refractivity contribution < 1.29 is 14.3 Å². The van der Waals surface area contributed by atoms with Gasteiger partial charge in [-0.2, -0.15) is 0 Å². The minimum Gasteiger partial charge on any atom is -0.497 e. The predicted molar refractivity (Wildman–Crippen MR) is 98.0 cm³/mol. The van der Waals surface area contributed by atoms with Gasteiger partial charge in [-0.25, -0.2) is 4.79 Å². The van der Waals surface area contributed by atoms with Gasteiger partial charge in [0.1, 0.15) is 12.4 Å². The average Bonchev–Trinajstić information content (AvgIpc) is 3.06. The number of ether oxygens (including phenoxy) is 2. The Bertz CT molecular complexity index is 974. The quantitative estimate of drug-likeness (QED) is 0.668. The van der Waals surface area contributed by atoms with Crippen LogP contribution < -0.4 is 4.74 Å². The number of hydrogen-bond acceptors (Lipinski definition) is 4. The molecule has 25 heavy (non-hydrogen) atoms. The summed E-state index contributed by atoms with van der Waals surface area (Å²) in [6, 6.07) is 19.3. The number of nitrogens with zero attached hydrogens (tertiary/aromatic N) is 1. The molecule has 1 aliphatic rings. The summed E-state index contributed by atoms with van der Waals surface area (Å²) in [4.78, 5) is 16.8. The Hall–Kier alpha value is -3.14. The van der Waals surface area contributed by atoms with Crippen molar-refractivity contribution in [3.8, 4) is 5.75 Å². The van der Waals surface area contributed by atoms with E-state index in [4.69, 9.17) is 9.47 Å². The van der Waals surface area contributed by atoms with Gasteiger partial charge >= 0.3 is 5.97 Å². The molecule has 4 rings (SSSR count). The summed E-state index contributed by atoms with van der Waals surface area (Å²) in [5, 5.41) is 2.37. The molecule has 124 valence electrons. The molecule has 0 atom stereocenters. The fraction of sp³-hybridized carbons (Fsp3) is 0.143. The van der Waals surface area contributed by atoms with E-state index in [0.717, 1.165) is 17.8 Å². The minimum absolute atomic E-state index is 0.204. The van der Waals surface area contributed by atoms with Gasteiger partial charge in [-0.3, -0.25) is 4.99 Å². The van der Waals surface area contributed by atoms with Crippen molar-refractivity contribution in [1.29, 1.82) is 0 Å². The largest absolute Gasteiger partial charge is 0.497 e. The van der Waals surface area contributed by atoms with Gasteiger partial charge in [0.2, 0.25) is 0 Å². The molecule has 0 bridgehead atoms. The van der Waals surface area contributed by atoms with E-state index in [2.05, 4.69) is 29.3 Å². The molecule has 0 spiro atoms. The topological polar surface area (TPSA) is 47.9 Å². The minimum atomic E-state index is -0.355. The van der Waals surface area contributed by atoms with Gasteiger partial charge in [0.05, 0.1) is 24.1 Å². The van der Waals surface area contributed by atoms with Gasteiger partial charge in [0.25, 0.3) is 0 Å². The lowest BCUT2D eigenvalue weighted by Gasteiger charge is -2.05. The number of esters is 1. The second kappa shape index (κ2) is 6.40. The summed E-state index contributed by atoms with van der Waals surface area (Å²) in [5.41, 5.74) is 3.51. The maximum Gasteiger partial charge on any atom is 0.338 e. The van der Waals surface area contributed by atoms with Crippen LogP contribution in [0, 0.1) is 0 Å². The van der Waals surface area contributed by atoms with E-state index in [1.165, 1.54) is 16.3 Å². The summed E-state index contributed by atoms with van der Waals surface area (Å²) >= 11 is 0. The van der Waals surface area contributed by atoms with Crippen LogP contribution in [0.5, 0.6) is 5.75 Å². The average molecular weight is 331 g/mol. The summed E-state index contributed by atoms with van der Waals surface area (Å²) in [6.45, 7) is 0.204. The fourth-order valence-electron chi connectivity index (χ4n) is 2.99. The first-order chi connectivity index (χ1) is 12.2. The van der Waals surface area contributed by atoms with Crippen LogP contribution >= 0.6 is 0 Å². The Kier molecular flexibility index (Phi) is 3.94. The maximum absolute atomic E-state index is 12.1. The number of methoxy groups -OCH3 is 1. The molecule has 0 N–H and O–H groups in total. The molecule has 3 aromatic rings. The Morgan fingerprint density at radius 1 is 1.04 bits per heavy atom. The fourth-order valence-corrected chi connectivity index (χ4v) is 2.99. The lowest BCUT2D eigenvalue weighted by molar-refractivity contribution is 0.0562. The monoisotopic (exact) mass is 331 g/mol. The van der Waals surface area contributed by atoms with Crippen LogP contribution in [0.4, 0.5) is 5.69 Å². The second-order valence-electron chi connectivity index (χ2n) is 5.99. The molecule has 1 heterocycles. The third-order valence-electron chi connectivity index (χ3n) is 4.32. The number of hydrogen-bond donors (Lipinski definition) is 0. The highest BCUT2D eigenvalue weighted by atomic mass is 16.5. The number of carbonyl (C=O) groups excluding carboxylic acids is 1. The molecule has 4 heteroatoms. The van der Waals surface area contributed by atoms with Gasteiger partial charge in [-0.15, -0.1) is 0 Å². The van der Waals surface area contributed by atoms with E-state index >= 15 is 0 Å². The molecule has 0 aliphatic carbocycles. The molecule has 0 unspecified atom stereocenters. The van der Waals surface area contributed by atoms with Crippen molar-refractivity contribution in [2.75, 3.05) is 13.7 Å². The zero-order chi connectivity index (χ0) is 17.2. The highest BCUT2D eigenvalue weighted by Gasteiger charge is 2.17. The number of fused-ring (bicyclic) bond motifs is 2. The van der Waals surface area contributed by atoms with Gasteiger partial charge in [-0.05, 0) is 52.7 Å².